The van der Waals surface area contributed by atoms with Crippen LogP contribution in [0.25, 0.3) is 0 Å². The van der Waals surface area contributed by atoms with Crippen LogP contribution in [0.15, 0.2) is 41.8 Å². The van der Waals surface area contributed by atoms with E-state index in [1.54, 1.807) is 23.5 Å². The van der Waals surface area contributed by atoms with Crippen molar-refractivity contribution in [1.82, 2.24) is 15.1 Å². The van der Waals surface area contributed by atoms with Gasteiger partial charge in [-0.15, -0.1) is 11.3 Å². The Balaban J connectivity index is 1.42. The van der Waals surface area contributed by atoms with Crippen LogP contribution in [0.4, 0.5) is 4.39 Å². The molecule has 0 unspecified atom stereocenters. The molecule has 0 aliphatic carbocycles. The van der Waals surface area contributed by atoms with Crippen molar-refractivity contribution in [3.8, 4) is 0 Å². The Bertz CT molecular complexity index is 666. The maximum atomic E-state index is 12.9. The number of hydrogen-bond acceptors (Lipinski definition) is 4. The molecule has 25 heavy (non-hydrogen) atoms. The van der Waals surface area contributed by atoms with Crippen molar-refractivity contribution in [3.05, 3.63) is 58.0 Å². The van der Waals surface area contributed by atoms with Gasteiger partial charge in [0.05, 0.1) is 6.04 Å². The average Bonchev–Trinajstić information content (AvgIpc) is 3.14. The van der Waals surface area contributed by atoms with E-state index in [-0.39, 0.29) is 17.8 Å². The number of carbonyl (C=O) groups is 1. The molecule has 2 aromatic rings. The van der Waals surface area contributed by atoms with Gasteiger partial charge >= 0.3 is 0 Å². The number of nitrogens with one attached hydrogen (secondary N) is 1. The zero-order valence-corrected chi connectivity index (χ0v) is 15.3. The summed E-state index contributed by atoms with van der Waals surface area (Å²) in [4.78, 5) is 18.4. The molecule has 0 bridgehead atoms. The molecule has 4 nitrogen and oxygen atoms in total. The summed E-state index contributed by atoms with van der Waals surface area (Å²) in [5.41, 5.74) is 0.905. The molecule has 0 radical (unpaired) electrons. The van der Waals surface area contributed by atoms with Crippen LogP contribution >= 0.6 is 11.3 Å². The maximum Gasteiger partial charge on any atom is 0.237 e. The zero-order chi connectivity index (χ0) is 17.6. The first-order valence-corrected chi connectivity index (χ1v) is 9.51. The second-order valence-corrected chi connectivity index (χ2v) is 7.44. The number of piperazine rings is 1. The highest BCUT2D eigenvalue weighted by atomic mass is 32.1. The molecular weight excluding hydrogens is 337 g/mol. The molecule has 1 N–H and O–H groups in total. The maximum absolute atomic E-state index is 12.9. The minimum absolute atomic E-state index is 0.0241. The Hall–Kier alpha value is -1.76. The lowest BCUT2D eigenvalue weighted by Crippen LogP contribution is -2.53. The molecule has 0 saturated carbocycles. The first-order valence-electron chi connectivity index (χ1n) is 8.63. The summed E-state index contributed by atoms with van der Waals surface area (Å²) in [7, 11) is 0. The highest BCUT2D eigenvalue weighted by Gasteiger charge is 2.25. The van der Waals surface area contributed by atoms with Gasteiger partial charge in [0.2, 0.25) is 5.91 Å². The molecule has 1 fully saturated rings. The van der Waals surface area contributed by atoms with Gasteiger partial charge in [-0.05, 0) is 36.1 Å². The third-order valence-electron chi connectivity index (χ3n) is 4.67. The lowest BCUT2D eigenvalue weighted by Gasteiger charge is -2.37. The van der Waals surface area contributed by atoms with Crippen LogP contribution in [0, 0.1) is 5.82 Å². The van der Waals surface area contributed by atoms with Crippen molar-refractivity contribution in [3.63, 3.8) is 0 Å². The molecule has 3 rings (SSSR count). The minimum atomic E-state index is -0.260. The predicted molar refractivity (Wildman–Crippen MR) is 98.9 cm³/mol. The number of hydrogen-bond donors (Lipinski definition) is 1. The molecule has 1 saturated heterocycles. The number of nitrogens with zero attached hydrogens (tertiary/aromatic N) is 2. The van der Waals surface area contributed by atoms with E-state index in [4.69, 9.17) is 0 Å². The molecule has 1 aromatic carbocycles. The second kappa shape index (κ2) is 8.56. The monoisotopic (exact) mass is 361 g/mol. The number of thiophene rings is 1. The summed E-state index contributed by atoms with van der Waals surface area (Å²) in [6, 6.07) is 10.3. The SMILES string of the molecule is C[C@H](C(=O)NCc1ccc(F)cc1)N1CCN(Cc2cccs2)CC1. The average molecular weight is 361 g/mol. The van der Waals surface area contributed by atoms with Crippen molar-refractivity contribution in [2.24, 2.45) is 0 Å². The minimum Gasteiger partial charge on any atom is -0.351 e. The smallest absolute Gasteiger partial charge is 0.237 e. The van der Waals surface area contributed by atoms with Crippen LogP contribution in [-0.2, 0) is 17.9 Å². The summed E-state index contributed by atoms with van der Waals surface area (Å²) in [5.74, 6) is -0.236. The van der Waals surface area contributed by atoms with Crippen molar-refractivity contribution < 1.29 is 9.18 Å². The molecule has 2 heterocycles. The number of amides is 1. The van der Waals surface area contributed by atoms with Gasteiger partial charge in [-0.1, -0.05) is 18.2 Å². The van der Waals surface area contributed by atoms with Crippen LogP contribution in [0.2, 0.25) is 0 Å². The summed E-state index contributed by atoms with van der Waals surface area (Å²) in [5, 5.41) is 5.06. The first-order chi connectivity index (χ1) is 12.1. The van der Waals surface area contributed by atoms with Gasteiger partial charge in [-0.3, -0.25) is 14.6 Å². The van der Waals surface area contributed by atoms with E-state index in [2.05, 4.69) is 32.6 Å². The predicted octanol–water partition coefficient (Wildman–Crippen LogP) is 2.71. The highest BCUT2D eigenvalue weighted by Crippen LogP contribution is 2.14. The summed E-state index contributed by atoms with van der Waals surface area (Å²) >= 11 is 1.79. The molecule has 0 spiro atoms. The van der Waals surface area contributed by atoms with E-state index < -0.39 is 0 Å². The van der Waals surface area contributed by atoms with E-state index in [0.29, 0.717) is 6.54 Å². The van der Waals surface area contributed by atoms with Crippen LogP contribution in [0.1, 0.15) is 17.4 Å². The molecule has 1 aromatic heterocycles. The van der Waals surface area contributed by atoms with Crippen molar-refractivity contribution in [1.29, 1.82) is 0 Å². The Morgan fingerprint density at radius 3 is 2.56 bits per heavy atom. The molecule has 1 amide bonds. The van der Waals surface area contributed by atoms with Gasteiger partial charge in [-0.25, -0.2) is 4.39 Å². The number of halogens is 1. The van der Waals surface area contributed by atoms with Crippen molar-refractivity contribution >= 4 is 17.2 Å². The number of benzene rings is 1. The van der Waals surface area contributed by atoms with E-state index in [1.165, 1.54) is 17.0 Å². The summed E-state index contributed by atoms with van der Waals surface area (Å²) < 4.78 is 12.9. The standard InChI is InChI=1S/C19H24FN3OS/c1-15(19(24)21-13-16-4-6-17(20)7-5-16)23-10-8-22(9-11-23)14-18-3-2-12-25-18/h2-7,12,15H,8-11,13-14H2,1H3,(H,21,24)/t15-/m1/s1. The van der Waals surface area contributed by atoms with Gasteiger partial charge < -0.3 is 5.32 Å². The lowest BCUT2D eigenvalue weighted by atomic mass is 10.2. The largest absolute Gasteiger partial charge is 0.351 e. The summed E-state index contributed by atoms with van der Waals surface area (Å²) in [6.45, 7) is 7.14. The number of carbonyl (C=O) groups excluding carboxylic acids is 1. The van der Waals surface area contributed by atoms with Gasteiger partial charge in [0.15, 0.2) is 0 Å². The van der Waals surface area contributed by atoms with E-state index in [0.717, 1.165) is 38.3 Å². The van der Waals surface area contributed by atoms with E-state index >= 15 is 0 Å². The molecule has 134 valence electrons. The molecule has 6 heteroatoms. The fraction of sp³-hybridized carbons (Fsp3) is 0.421. The molecule has 1 atom stereocenters. The van der Waals surface area contributed by atoms with Gasteiger partial charge in [-0.2, -0.15) is 0 Å². The summed E-state index contributed by atoms with van der Waals surface area (Å²) in [6.07, 6.45) is 0. The molecule has 1 aliphatic rings. The Kier molecular flexibility index (Phi) is 6.18. The zero-order valence-electron chi connectivity index (χ0n) is 14.5. The van der Waals surface area contributed by atoms with Gasteiger partial charge in [0.25, 0.3) is 0 Å². The topological polar surface area (TPSA) is 35.6 Å². The second-order valence-electron chi connectivity index (χ2n) is 6.41. The number of rotatable bonds is 6. The first kappa shape index (κ1) is 18.0. The van der Waals surface area contributed by atoms with E-state index in [9.17, 15) is 9.18 Å². The Morgan fingerprint density at radius 2 is 1.92 bits per heavy atom. The van der Waals surface area contributed by atoms with Crippen LogP contribution in [0.3, 0.4) is 0 Å². The van der Waals surface area contributed by atoms with Crippen LogP contribution in [-0.4, -0.2) is 47.9 Å². The molecule has 1 aliphatic heterocycles. The Labute approximate surface area is 152 Å². The third kappa shape index (κ3) is 5.11. The van der Waals surface area contributed by atoms with Crippen molar-refractivity contribution in [2.45, 2.75) is 26.1 Å². The van der Waals surface area contributed by atoms with Crippen LogP contribution < -0.4 is 5.32 Å². The van der Waals surface area contributed by atoms with Crippen molar-refractivity contribution in [2.75, 3.05) is 26.2 Å². The fourth-order valence-electron chi connectivity index (χ4n) is 3.04. The van der Waals surface area contributed by atoms with E-state index in [1.807, 2.05) is 6.92 Å². The fourth-order valence-corrected chi connectivity index (χ4v) is 3.78. The highest BCUT2D eigenvalue weighted by molar-refractivity contribution is 7.09. The van der Waals surface area contributed by atoms with Gasteiger partial charge in [0.1, 0.15) is 5.82 Å². The molecular formula is C19H24FN3OS. The third-order valence-corrected chi connectivity index (χ3v) is 5.53. The lowest BCUT2D eigenvalue weighted by molar-refractivity contribution is -0.126. The quantitative estimate of drug-likeness (QED) is 0.859. The van der Waals surface area contributed by atoms with Gasteiger partial charge in [0, 0.05) is 44.1 Å². The Morgan fingerprint density at radius 1 is 1.20 bits per heavy atom. The normalized spacial score (nSPS) is 17.4. The van der Waals surface area contributed by atoms with Crippen LogP contribution in [0.5, 0.6) is 0 Å².